The van der Waals surface area contributed by atoms with Gasteiger partial charge in [-0.05, 0) is 25.1 Å². The van der Waals surface area contributed by atoms with E-state index >= 15 is 0 Å². The summed E-state index contributed by atoms with van der Waals surface area (Å²) >= 11 is 0. The molecule has 1 aliphatic rings. The SMILES string of the molecule is Cl.O=S(=O)(NC1CCNC1)c1cc(F)c(F)c(F)c1. The number of sulfonamides is 1. The van der Waals surface area contributed by atoms with Crippen molar-refractivity contribution in [2.45, 2.75) is 17.4 Å². The van der Waals surface area contributed by atoms with E-state index in [0.717, 1.165) is 0 Å². The smallest absolute Gasteiger partial charge is 0.241 e. The van der Waals surface area contributed by atoms with E-state index in [0.29, 0.717) is 31.6 Å². The van der Waals surface area contributed by atoms with Gasteiger partial charge in [-0.2, -0.15) is 0 Å². The Kier molecular flexibility index (Phi) is 5.19. The van der Waals surface area contributed by atoms with Gasteiger partial charge in [-0.1, -0.05) is 0 Å². The fourth-order valence-electron chi connectivity index (χ4n) is 1.73. The predicted octanol–water partition coefficient (Wildman–Crippen LogP) is 1.17. The second-order valence-electron chi connectivity index (χ2n) is 4.01. The summed E-state index contributed by atoms with van der Waals surface area (Å²) in [6.07, 6.45) is 0.589. The van der Waals surface area contributed by atoms with E-state index < -0.39 is 32.4 Å². The minimum absolute atomic E-state index is 0. The molecule has 1 saturated heterocycles. The van der Waals surface area contributed by atoms with Crippen molar-refractivity contribution in [1.29, 1.82) is 0 Å². The van der Waals surface area contributed by atoms with Crippen LogP contribution in [0.3, 0.4) is 0 Å². The molecule has 2 N–H and O–H groups in total. The summed E-state index contributed by atoms with van der Waals surface area (Å²) in [6.45, 7) is 1.12. The third-order valence-electron chi connectivity index (χ3n) is 2.65. The quantitative estimate of drug-likeness (QED) is 0.823. The van der Waals surface area contributed by atoms with Gasteiger partial charge in [0.05, 0.1) is 4.90 Å². The Labute approximate surface area is 114 Å². The molecule has 1 aromatic rings. The minimum atomic E-state index is -4.04. The standard InChI is InChI=1S/C10H11F3N2O2S.ClH/c11-8-3-7(4-9(12)10(8)13)18(16,17)15-6-1-2-14-5-6;/h3-4,6,14-15H,1-2,5H2;1H. The molecule has 19 heavy (non-hydrogen) atoms. The summed E-state index contributed by atoms with van der Waals surface area (Å²) < 4.78 is 64.6. The zero-order chi connectivity index (χ0) is 13.3. The Hall–Kier alpha value is -0.830. The Bertz CT molecular complexity index is 539. The highest BCUT2D eigenvalue weighted by atomic mass is 35.5. The molecule has 9 heteroatoms. The maximum Gasteiger partial charge on any atom is 0.241 e. The molecule has 1 unspecified atom stereocenters. The second-order valence-corrected chi connectivity index (χ2v) is 5.73. The third kappa shape index (κ3) is 3.59. The van der Waals surface area contributed by atoms with Crippen molar-refractivity contribution in [1.82, 2.24) is 10.0 Å². The summed E-state index contributed by atoms with van der Waals surface area (Å²) in [4.78, 5) is -0.620. The van der Waals surface area contributed by atoms with Crippen molar-refractivity contribution in [2.75, 3.05) is 13.1 Å². The first-order valence-electron chi connectivity index (χ1n) is 5.28. The molecule has 4 nitrogen and oxygen atoms in total. The van der Waals surface area contributed by atoms with Gasteiger partial charge in [0, 0.05) is 12.6 Å². The van der Waals surface area contributed by atoms with Gasteiger partial charge in [0.15, 0.2) is 17.5 Å². The number of hydrogen-bond acceptors (Lipinski definition) is 3. The van der Waals surface area contributed by atoms with Crippen LogP contribution in [0.4, 0.5) is 13.2 Å². The van der Waals surface area contributed by atoms with E-state index in [9.17, 15) is 21.6 Å². The van der Waals surface area contributed by atoms with Gasteiger partial charge >= 0.3 is 0 Å². The summed E-state index contributed by atoms with van der Waals surface area (Å²) in [5.41, 5.74) is 0. The lowest BCUT2D eigenvalue weighted by Gasteiger charge is -2.12. The lowest BCUT2D eigenvalue weighted by molar-refractivity contribution is 0.442. The zero-order valence-corrected chi connectivity index (χ0v) is 11.3. The summed E-state index contributed by atoms with van der Waals surface area (Å²) in [6, 6.07) is 0.595. The van der Waals surface area contributed by atoms with E-state index in [2.05, 4.69) is 10.0 Å². The zero-order valence-electron chi connectivity index (χ0n) is 9.62. The second kappa shape index (κ2) is 6.08. The first-order chi connectivity index (χ1) is 8.40. The summed E-state index contributed by atoms with van der Waals surface area (Å²) in [5.74, 6) is -4.74. The molecule has 1 atom stereocenters. The maximum atomic E-state index is 13.0. The molecule has 1 heterocycles. The molecule has 0 aliphatic carbocycles. The monoisotopic (exact) mass is 316 g/mol. The number of rotatable bonds is 3. The normalized spacial score (nSPS) is 19.2. The van der Waals surface area contributed by atoms with Crippen molar-refractivity contribution < 1.29 is 21.6 Å². The van der Waals surface area contributed by atoms with E-state index in [1.807, 2.05) is 0 Å². The molecule has 108 valence electrons. The largest absolute Gasteiger partial charge is 0.315 e. The van der Waals surface area contributed by atoms with Crippen molar-refractivity contribution >= 4 is 22.4 Å². The van der Waals surface area contributed by atoms with Gasteiger partial charge in [0.1, 0.15) is 0 Å². The molecular weight excluding hydrogens is 305 g/mol. The van der Waals surface area contributed by atoms with Gasteiger partial charge in [0.2, 0.25) is 10.0 Å². The van der Waals surface area contributed by atoms with Crippen LogP contribution in [0.2, 0.25) is 0 Å². The van der Waals surface area contributed by atoms with Crippen LogP contribution in [0.1, 0.15) is 6.42 Å². The lowest BCUT2D eigenvalue weighted by Crippen LogP contribution is -2.36. The first-order valence-corrected chi connectivity index (χ1v) is 6.76. The Morgan fingerprint density at radius 2 is 1.79 bits per heavy atom. The van der Waals surface area contributed by atoms with Crippen LogP contribution < -0.4 is 10.0 Å². The van der Waals surface area contributed by atoms with Crippen molar-refractivity contribution in [3.63, 3.8) is 0 Å². The van der Waals surface area contributed by atoms with Gasteiger partial charge in [-0.3, -0.25) is 0 Å². The number of hydrogen-bond donors (Lipinski definition) is 2. The van der Waals surface area contributed by atoms with E-state index in [1.54, 1.807) is 0 Å². The van der Waals surface area contributed by atoms with E-state index in [-0.39, 0.29) is 18.4 Å². The van der Waals surface area contributed by atoms with E-state index in [1.165, 1.54) is 0 Å². The van der Waals surface area contributed by atoms with Gasteiger partial charge < -0.3 is 5.32 Å². The van der Waals surface area contributed by atoms with Crippen LogP contribution in [0, 0.1) is 17.5 Å². The average molecular weight is 317 g/mol. The highest BCUT2D eigenvalue weighted by Gasteiger charge is 2.25. The predicted molar refractivity (Wildman–Crippen MR) is 65.2 cm³/mol. The maximum absolute atomic E-state index is 13.0. The van der Waals surface area contributed by atoms with Crippen LogP contribution in [0.15, 0.2) is 17.0 Å². The Morgan fingerprint density at radius 3 is 2.26 bits per heavy atom. The molecule has 0 spiro atoms. The highest BCUT2D eigenvalue weighted by Crippen LogP contribution is 2.18. The molecule has 0 bridgehead atoms. The molecule has 0 aromatic heterocycles. The van der Waals surface area contributed by atoms with Crippen LogP contribution in [0.25, 0.3) is 0 Å². The fraction of sp³-hybridized carbons (Fsp3) is 0.400. The lowest BCUT2D eigenvalue weighted by atomic mass is 10.3. The van der Waals surface area contributed by atoms with Crippen LogP contribution in [-0.2, 0) is 10.0 Å². The molecule has 1 aliphatic heterocycles. The molecule has 1 fully saturated rings. The van der Waals surface area contributed by atoms with Crippen molar-refractivity contribution in [3.8, 4) is 0 Å². The number of nitrogens with one attached hydrogen (secondary N) is 2. The Balaban J connectivity index is 0.00000180. The van der Waals surface area contributed by atoms with Crippen molar-refractivity contribution in [2.24, 2.45) is 0 Å². The molecule has 2 rings (SSSR count). The first kappa shape index (κ1) is 16.2. The van der Waals surface area contributed by atoms with E-state index in [4.69, 9.17) is 0 Å². The molecule has 0 amide bonds. The van der Waals surface area contributed by atoms with Crippen LogP contribution >= 0.6 is 12.4 Å². The number of halogens is 4. The molecule has 0 radical (unpaired) electrons. The minimum Gasteiger partial charge on any atom is -0.315 e. The van der Waals surface area contributed by atoms with Gasteiger partial charge in [-0.25, -0.2) is 26.3 Å². The highest BCUT2D eigenvalue weighted by molar-refractivity contribution is 7.89. The third-order valence-corrected chi connectivity index (χ3v) is 4.15. The molecule has 0 saturated carbocycles. The van der Waals surface area contributed by atoms with Crippen LogP contribution in [0.5, 0.6) is 0 Å². The van der Waals surface area contributed by atoms with Gasteiger partial charge in [0.25, 0.3) is 0 Å². The Morgan fingerprint density at radius 1 is 1.21 bits per heavy atom. The van der Waals surface area contributed by atoms with Gasteiger partial charge in [-0.15, -0.1) is 12.4 Å². The average Bonchev–Trinajstić information content (AvgIpc) is 2.77. The molecular formula is C10H12ClF3N2O2S. The van der Waals surface area contributed by atoms with Crippen molar-refractivity contribution in [3.05, 3.63) is 29.6 Å². The van der Waals surface area contributed by atoms with Crippen LogP contribution in [-0.4, -0.2) is 27.5 Å². The topological polar surface area (TPSA) is 58.2 Å². The number of benzene rings is 1. The fourth-order valence-corrected chi connectivity index (χ4v) is 3.02. The summed E-state index contributed by atoms with van der Waals surface area (Å²) in [7, 11) is -4.04. The summed E-state index contributed by atoms with van der Waals surface area (Å²) in [5, 5.41) is 2.94. The molecule has 1 aromatic carbocycles.